The van der Waals surface area contributed by atoms with Gasteiger partial charge in [0.05, 0.1) is 0 Å². The summed E-state index contributed by atoms with van der Waals surface area (Å²) in [7, 11) is 0. The Hall–Kier alpha value is -3.18. The number of hydrogen-bond donors (Lipinski definition) is 2. The zero-order chi connectivity index (χ0) is 19.1. The molecule has 0 fully saturated rings. The number of hydrogen-bond acceptors (Lipinski definition) is 2. The number of benzene rings is 3. The van der Waals surface area contributed by atoms with Gasteiger partial charge in [-0.15, -0.1) is 0 Å². The number of anilines is 2. The van der Waals surface area contributed by atoms with Gasteiger partial charge in [-0.3, -0.25) is 9.59 Å². The number of carbonyl (C=O) groups is 2. The van der Waals surface area contributed by atoms with Crippen molar-refractivity contribution < 1.29 is 9.59 Å². The first kappa shape index (κ1) is 18.6. The molecule has 0 aliphatic carbocycles. The van der Waals surface area contributed by atoms with Crippen LogP contribution in [-0.2, 0) is 4.79 Å². The topological polar surface area (TPSA) is 58.2 Å². The maximum absolute atomic E-state index is 12.2. The van der Waals surface area contributed by atoms with Crippen molar-refractivity contribution in [2.45, 2.75) is 0 Å². The van der Waals surface area contributed by atoms with Crippen LogP contribution in [0.3, 0.4) is 0 Å². The van der Waals surface area contributed by atoms with Crippen LogP contribution < -0.4 is 10.6 Å². The molecule has 0 spiro atoms. The Balaban J connectivity index is 1.62. The Morgan fingerprint density at radius 1 is 0.778 bits per heavy atom. The third-order valence-electron chi connectivity index (χ3n) is 3.72. The van der Waals surface area contributed by atoms with E-state index < -0.39 is 0 Å². The van der Waals surface area contributed by atoms with Crippen LogP contribution in [0.15, 0.2) is 89.4 Å². The van der Waals surface area contributed by atoms with Crippen molar-refractivity contribution in [1.82, 2.24) is 0 Å². The standard InChI is InChI=1S/C22H17BrN2O2/c23-18-12-9-16(10-13-18)11-14-21(26)24-19-7-4-8-20(15-19)25-22(27)17-5-2-1-3-6-17/h1-15H,(H,24,26)(H,25,27)/b14-11+. The molecule has 0 aliphatic heterocycles. The molecule has 2 amide bonds. The van der Waals surface area contributed by atoms with Gasteiger partial charge in [-0.05, 0) is 54.1 Å². The molecule has 0 saturated heterocycles. The highest BCUT2D eigenvalue weighted by Gasteiger charge is 2.06. The fourth-order valence-corrected chi connectivity index (χ4v) is 2.66. The van der Waals surface area contributed by atoms with Crippen LogP contribution >= 0.6 is 15.9 Å². The van der Waals surface area contributed by atoms with E-state index in [0.717, 1.165) is 10.0 Å². The molecule has 0 atom stereocenters. The van der Waals surface area contributed by atoms with E-state index in [4.69, 9.17) is 0 Å². The quantitative estimate of drug-likeness (QED) is 0.546. The molecule has 3 rings (SSSR count). The average molecular weight is 421 g/mol. The van der Waals surface area contributed by atoms with Gasteiger partial charge in [0.25, 0.3) is 5.91 Å². The van der Waals surface area contributed by atoms with E-state index in [2.05, 4.69) is 26.6 Å². The number of rotatable bonds is 5. The van der Waals surface area contributed by atoms with E-state index in [-0.39, 0.29) is 11.8 Å². The minimum atomic E-state index is -0.246. The first-order valence-electron chi connectivity index (χ1n) is 8.31. The molecule has 0 saturated carbocycles. The third-order valence-corrected chi connectivity index (χ3v) is 4.25. The van der Waals surface area contributed by atoms with Gasteiger partial charge in [0.1, 0.15) is 0 Å². The predicted molar refractivity (Wildman–Crippen MR) is 113 cm³/mol. The summed E-state index contributed by atoms with van der Waals surface area (Å²) >= 11 is 3.37. The van der Waals surface area contributed by atoms with Gasteiger partial charge in [-0.25, -0.2) is 0 Å². The molecule has 0 unspecified atom stereocenters. The SMILES string of the molecule is O=C(/C=C/c1ccc(Br)cc1)Nc1cccc(NC(=O)c2ccccc2)c1. The van der Waals surface area contributed by atoms with Crippen molar-refractivity contribution in [3.63, 3.8) is 0 Å². The van der Waals surface area contributed by atoms with E-state index >= 15 is 0 Å². The van der Waals surface area contributed by atoms with Crippen molar-refractivity contribution in [1.29, 1.82) is 0 Å². The van der Waals surface area contributed by atoms with E-state index in [9.17, 15) is 9.59 Å². The molecule has 134 valence electrons. The van der Waals surface area contributed by atoms with Gasteiger partial charge >= 0.3 is 0 Å². The lowest BCUT2D eigenvalue weighted by Crippen LogP contribution is -2.12. The Morgan fingerprint density at radius 3 is 2.15 bits per heavy atom. The highest BCUT2D eigenvalue weighted by Crippen LogP contribution is 2.17. The van der Waals surface area contributed by atoms with E-state index in [1.165, 1.54) is 6.08 Å². The second kappa shape index (κ2) is 8.96. The second-order valence-corrected chi connectivity index (χ2v) is 6.69. The summed E-state index contributed by atoms with van der Waals surface area (Å²) in [6.45, 7) is 0. The fraction of sp³-hybridized carbons (Fsp3) is 0. The number of amides is 2. The molecule has 2 N–H and O–H groups in total. The Morgan fingerprint density at radius 2 is 1.44 bits per heavy atom. The van der Waals surface area contributed by atoms with Gasteiger partial charge in [-0.2, -0.15) is 0 Å². The third kappa shape index (κ3) is 5.66. The number of halogens is 1. The molecule has 4 nitrogen and oxygen atoms in total. The minimum absolute atomic E-state index is 0.200. The molecule has 0 radical (unpaired) electrons. The van der Waals surface area contributed by atoms with Crippen molar-refractivity contribution in [3.05, 3.63) is 101 Å². The van der Waals surface area contributed by atoms with E-state index in [1.807, 2.05) is 42.5 Å². The van der Waals surface area contributed by atoms with Crippen LogP contribution in [-0.4, -0.2) is 11.8 Å². The highest BCUT2D eigenvalue weighted by atomic mass is 79.9. The maximum atomic E-state index is 12.2. The zero-order valence-electron chi connectivity index (χ0n) is 14.4. The van der Waals surface area contributed by atoms with Gasteiger partial charge < -0.3 is 10.6 Å². The molecule has 3 aromatic carbocycles. The number of carbonyl (C=O) groups excluding carboxylic acids is 2. The van der Waals surface area contributed by atoms with Crippen LogP contribution in [0.4, 0.5) is 11.4 Å². The smallest absolute Gasteiger partial charge is 0.255 e. The van der Waals surface area contributed by atoms with Crippen LogP contribution in [0, 0.1) is 0 Å². The van der Waals surface area contributed by atoms with Crippen molar-refractivity contribution in [2.75, 3.05) is 10.6 Å². The van der Waals surface area contributed by atoms with Gasteiger partial charge in [0.2, 0.25) is 5.91 Å². The summed E-state index contributed by atoms with van der Waals surface area (Å²) in [5.41, 5.74) is 2.71. The lowest BCUT2D eigenvalue weighted by Gasteiger charge is -2.08. The van der Waals surface area contributed by atoms with Crippen molar-refractivity contribution in [2.24, 2.45) is 0 Å². The second-order valence-electron chi connectivity index (χ2n) is 5.78. The van der Waals surface area contributed by atoms with E-state index in [0.29, 0.717) is 16.9 Å². The van der Waals surface area contributed by atoms with Crippen LogP contribution in [0.2, 0.25) is 0 Å². The summed E-state index contributed by atoms with van der Waals surface area (Å²) in [5.74, 6) is -0.446. The molecule has 27 heavy (non-hydrogen) atoms. The molecular weight excluding hydrogens is 404 g/mol. The minimum Gasteiger partial charge on any atom is -0.322 e. The largest absolute Gasteiger partial charge is 0.322 e. The fourth-order valence-electron chi connectivity index (χ4n) is 2.40. The van der Waals surface area contributed by atoms with Crippen molar-refractivity contribution >= 4 is 45.2 Å². The van der Waals surface area contributed by atoms with Gasteiger partial charge in [0, 0.05) is 27.5 Å². The first-order chi connectivity index (χ1) is 13.1. The van der Waals surface area contributed by atoms with Crippen LogP contribution in [0.1, 0.15) is 15.9 Å². The predicted octanol–water partition coefficient (Wildman–Crippen LogP) is 5.35. The Bertz CT molecular complexity index is 967. The summed E-state index contributed by atoms with van der Waals surface area (Å²) in [6, 6.07) is 23.6. The van der Waals surface area contributed by atoms with Gasteiger partial charge in [0.15, 0.2) is 0 Å². The summed E-state index contributed by atoms with van der Waals surface area (Å²) in [4.78, 5) is 24.3. The Labute approximate surface area is 166 Å². The summed E-state index contributed by atoms with van der Waals surface area (Å²) < 4.78 is 0.985. The molecular formula is C22H17BrN2O2. The lowest BCUT2D eigenvalue weighted by molar-refractivity contribution is -0.111. The molecule has 0 aromatic heterocycles. The molecule has 0 aliphatic rings. The maximum Gasteiger partial charge on any atom is 0.255 e. The zero-order valence-corrected chi connectivity index (χ0v) is 15.9. The molecule has 3 aromatic rings. The van der Waals surface area contributed by atoms with Crippen molar-refractivity contribution in [3.8, 4) is 0 Å². The van der Waals surface area contributed by atoms with E-state index in [1.54, 1.807) is 42.5 Å². The molecule has 0 heterocycles. The average Bonchev–Trinajstić information content (AvgIpc) is 2.68. The Kier molecular flexibility index (Phi) is 6.18. The van der Waals surface area contributed by atoms with Crippen LogP contribution in [0.5, 0.6) is 0 Å². The number of nitrogens with one attached hydrogen (secondary N) is 2. The summed E-state index contributed by atoms with van der Waals surface area (Å²) in [5, 5.41) is 5.61. The van der Waals surface area contributed by atoms with Gasteiger partial charge in [-0.1, -0.05) is 52.3 Å². The highest BCUT2D eigenvalue weighted by molar-refractivity contribution is 9.10. The molecule has 5 heteroatoms. The van der Waals surface area contributed by atoms with Crippen LogP contribution in [0.25, 0.3) is 6.08 Å². The summed E-state index contributed by atoms with van der Waals surface area (Å²) in [6.07, 6.45) is 3.21. The lowest BCUT2D eigenvalue weighted by atomic mass is 10.2. The monoisotopic (exact) mass is 420 g/mol. The normalized spacial score (nSPS) is 10.6. The first-order valence-corrected chi connectivity index (χ1v) is 9.10. The molecule has 0 bridgehead atoms.